The van der Waals surface area contributed by atoms with Crippen molar-refractivity contribution >= 4 is 28.9 Å². The van der Waals surface area contributed by atoms with Crippen molar-refractivity contribution in [1.82, 2.24) is 0 Å². The second-order valence-electron chi connectivity index (χ2n) is 4.97. The van der Waals surface area contributed by atoms with Crippen LogP contribution in [-0.2, 0) is 4.79 Å². The van der Waals surface area contributed by atoms with Crippen molar-refractivity contribution in [3.8, 4) is 5.75 Å². The van der Waals surface area contributed by atoms with Crippen LogP contribution >= 0.6 is 11.6 Å². The molecule has 0 aromatic heterocycles. The summed E-state index contributed by atoms with van der Waals surface area (Å²) >= 11 is 6.01. The summed E-state index contributed by atoms with van der Waals surface area (Å²) in [5.74, 6) is 0.554. The van der Waals surface area contributed by atoms with Gasteiger partial charge in [0.1, 0.15) is 5.75 Å². The molecule has 3 rings (SSSR count). The van der Waals surface area contributed by atoms with Crippen LogP contribution in [0.5, 0.6) is 5.75 Å². The highest BCUT2D eigenvalue weighted by Gasteiger charge is 2.16. The molecule has 2 aromatic rings. The summed E-state index contributed by atoms with van der Waals surface area (Å²) in [6, 6.07) is 13.5. The van der Waals surface area contributed by atoms with Gasteiger partial charge in [-0.25, -0.2) is 0 Å². The van der Waals surface area contributed by atoms with E-state index in [2.05, 4.69) is 17.6 Å². The van der Waals surface area contributed by atoms with Crippen LogP contribution in [0.25, 0.3) is 0 Å². The summed E-state index contributed by atoms with van der Waals surface area (Å²) < 4.78 is 5.34. The molecule has 1 unspecified atom stereocenters. The van der Waals surface area contributed by atoms with E-state index in [1.54, 1.807) is 0 Å². The Morgan fingerprint density at radius 1 is 1.29 bits per heavy atom. The van der Waals surface area contributed by atoms with E-state index in [1.165, 1.54) is 0 Å². The van der Waals surface area contributed by atoms with E-state index >= 15 is 0 Å². The molecule has 0 bridgehead atoms. The molecule has 1 atom stereocenters. The zero-order valence-corrected chi connectivity index (χ0v) is 12.3. The summed E-state index contributed by atoms with van der Waals surface area (Å²) in [6.45, 7) is 2.12. The van der Waals surface area contributed by atoms with Crippen LogP contribution in [0.4, 0.5) is 11.4 Å². The van der Waals surface area contributed by atoms with Gasteiger partial charge in [0, 0.05) is 16.8 Å². The number of hydrogen-bond donors (Lipinski definition) is 2. The predicted molar refractivity (Wildman–Crippen MR) is 84.1 cm³/mol. The lowest BCUT2D eigenvalue weighted by Gasteiger charge is -2.21. The quantitative estimate of drug-likeness (QED) is 0.905. The average molecular weight is 303 g/mol. The van der Waals surface area contributed by atoms with Gasteiger partial charge in [-0.05, 0) is 42.8 Å². The maximum absolute atomic E-state index is 11.3. The van der Waals surface area contributed by atoms with Gasteiger partial charge in [0.05, 0.1) is 5.69 Å². The van der Waals surface area contributed by atoms with Crippen molar-refractivity contribution in [3.63, 3.8) is 0 Å². The highest BCUT2D eigenvalue weighted by atomic mass is 35.5. The second-order valence-corrected chi connectivity index (χ2v) is 5.41. The number of halogens is 1. The fourth-order valence-corrected chi connectivity index (χ4v) is 2.48. The third-order valence-corrected chi connectivity index (χ3v) is 3.58. The predicted octanol–water partition coefficient (Wildman–Crippen LogP) is 3.84. The first-order chi connectivity index (χ1) is 10.1. The Morgan fingerprint density at radius 3 is 2.95 bits per heavy atom. The monoisotopic (exact) mass is 302 g/mol. The van der Waals surface area contributed by atoms with Crippen LogP contribution in [0.3, 0.4) is 0 Å². The molecule has 2 aromatic carbocycles. The second kappa shape index (κ2) is 5.66. The minimum Gasteiger partial charge on any atom is -0.482 e. The molecule has 0 aliphatic carbocycles. The lowest BCUT2D eigenvalue weighted by atomic mass is 10.1. The maximum Gasteiger partial charge on any atom is 0.262 e. The number of anilines is 2. The molecule has 5 heteroatoms. The number of carbonyl (C=O) groups is 1. The van der Waals surface area contributed by atoms with Gasteiger partial charge in [-0.15, -0.1) is 0 Å². The fraction of sp³-hybridized carbons (Fsp3) is 0.188. The van der Waals surface area contributed by atoms with Gasteiger partial charge in [-0.2, -0.15) is 0 Å². The van der Waals surface area contributed by atoms with E-state index in [9.17, 15) is 4.79 Å². The highest BCUT2D eigenvalue weighted by molar-refractivity contribution is 6.30. The largest absolute Gasteiger partial charge is 0.482 e. The molecule has 0 fully saturated rings. The van der Waals surface area contributed by atoms with Crippen LogP contribution < -0.4 is 15.4 Å². The molecule has 108 valence electrons. The third kappa shape index (κ3) is 3.11. The Labute approximate surface area is 128 Å². The van der Waals surface area contributed by atoms with E-state index in [4.69, 9.17) is 16.3 Å². The maximum atomic E-state index is 11.3. The number of carbonyl (C=O) groups excluding carboxylic acids is 1. The van der Waals surface area contributed by atoms with Gasteiger partial charge in [-0.3, -0.25) is 4.79 Å². The van der Waals surface area contributed by atoms with Crippen molar-refractivity contribution in [2.75, 3.05) is 17.2 Å². The van der Waals surface area contributed by atoms with Crippen LogP contribution in [0.2, 0.25) is 5.02 Å². The lowest BCUT2D eigenvalue weighted by Crippen LogP contribution is -2.25. The normalized spacial score (nSPS) is 14.7. The molecule has 0 radical (unpaired) electrons. The number of amides is 1. The number of benzene rings is 2. The van der Waals surface area contributed by atoms with Gasteiger partial charge in [0.15, 0.2) is 6.61 Å². The lowest BCUT2D eigenvalue weighted by molar-refractivity contribution is -0.118. The van der Waals surface area contributed by atoms with E-state index in [-0.39, 0.29) is 18.6 Å². The molecule has 1 heterocycles. The van der Waals surface area contributed by atoms with Gasteiger partial charge in [0.2, 0.25) is 0 Å². The number of rotatable bonds is 3. The van der Waals surface area contributed by atoms with Crippen LogP contribution in [0.1, 0.15) is 18.5 Å². The molecular formula is C16H15ClN2O2. The van der Waals surface area contributed by atoms with Crippen LogP contribution in [-0.4, -0.2) is 12.5 Å². The molecule has 0 saturated carbocycles. The fourth-order valence-electron chi connectivity index (χ4n) is 2.28. The van der Waals surface area contributed by atoms with Gasteiger partial charge >= 0.3 is 0 Å². The van der Waals surface area contributed by atoms with Gasteiger partial charge in [0.25, 0.3) is 5.91 Å². The third-order valence-electron chi connectivity index (χ3n) is 3.34. The van der Waals surface area contributed by atoms with E-state index in [0.717, 1.165) is 11.3 Å². The highest BCUT2D eigenvalue weighted by Crippen LogP contribution is 2.32. The summed E-state index contributed by atoms with van der Waals surface area (Å²) in [6.07, 6.45) is 0. The van der Waals surface area contributed by atoms with Gasteiger partial charge in [-0.1, -0.05) is 23.7 Å². The molecule has 4 nitrogen and oxygen atoms in total. The zero-order valence-electron chi connectivity index (χ0n) is 11.5. The summed E-state index contributed by atoms with van der Waals surface area (Å²) in [5.41, 5.74) is 2.70. The Balaban J connectivity index is 1.79. The molecular weight excluding hydrogens is 288 g/mol. The minimum atomic E-state index is -0.137. The summed E-state index contributed by atoms with van der Waals surface area (Å²) in [5, 5.41) is 6.90. The van der Waals surface area contributed by atoms with E-state index < -0.39 is 0 Å². The standard InChI is InChI=1S/C16H15ClN2O2/c1-10(11-3-2-4-12(17)7-11)18-13-5-6-15-14(8-13)19-16(20)9-21-15/h2-8,10,18H,9H2,1H3,(H,19,20). The molecule has 0 spiro atoms. The first kappa shape index (κ1) is 13.8. The summed E-state index contributed by atoms with van der Waals surface area (Å²) in [7, 11) is 0. The van der Waals surface area contributed by atoms with Crippen molar-refractivity contribution in [1.29, 1.82) is 0 Å². The molecule has 1 amide bonds. The van der Waals surface area contributed by atoms with E-state index in [1.807, 2.05) is 42.5 Å². The van der Waals surface area contributed by atoms with Gasteiger partial charge < -0.3 is 15.4 Å². The Hall–Kier alpha value is -2.20. The number of ether oxygens (including phenoxy) is 1. The van der Waals surface area contributed by atoms with E-state index in [0.29, 0.717) is 16.5 Å². The average Bonchev–Trinajstić information content (AvgIpc) is 2.46. The first-order valence-electron chi connectivity index (χ1n) is 6.70. The topological polar surface area (TPSA) is 50.4 Å². The molecule has 0 saturated heterocycles. The number of nitrogens with one attached hydrogen (secondary N) is 2. The molecule has 1 aliphatic rings. The van der Waals surface area contributed by atoms with Crippen molar-refractivity contribution in [3.05, 3.63) is 53.1 Å². The number of fused-ring (bicyclic) bond motifs is 1. The Morgan fingerprint density at radius 2 is 2.14 bits per heavy atom. The number of hydrogen-bond acceptors (Lipinski definition) is 3. The first-order valence-corrected chi connectivity index (χ1v) is 7.08. The van der Waals surface area contributed by atoms with Crippen LogP contribution in [0.15, 0.2) is 42.5 Å². The smallest absolute Gasteiger partial charge is 0.262 e. The van der Waals surface area contributed by atoms with Crippen LogP contribution in [0, 0.1) is 0 Å². The van der Waals surface area contributed by atoms with Crippen molar-refractivity contribution < 1.29 is 9.53 Å². The Bertz CT molecular complexity index is 688. The Kier molecular flexibility index (Phi) is 3.71. The molecule has 2 N–H and O–H groups in total. The molecule has 1 aliphatic heterocycles. The minimum absolute atomic E-state index is 0.0681. The van der Waals surface area contributed by atoms with Crippen molar-refractivity contribution in [2.45, 2.75) is 13.0 Å². The summed E-state index contributed by atoms with van der Waals surface area (Å²) in [4.78, 5) is 11.3. The molecule has 21 heavy (non-hydrogen) atoms. The zero-order chi connectivity index (χ0) is 14.8. The van der Waals surface area contributed by atoms with Crippen molar-refractivity contribution in [2.24, 2.45) is 0 Å². The SMILES string of the molecule is CC(Nc1ccc2c(c1)NC(=O)CO2)c1cccc(Cl)c1.